The molecule has 2 aromatic rings. The third-order valence-electron chi connectivity index (χ3n) is 3.83. The van der Waals surface area contributed by atoms with Crippen molar-refractivity contribution in [3.8, 4) is 11.5 Å². The molecule has 3 rings (SSSR count). The second-order valence-electron chi connectivity index (χ2n) is 7.02. The molecule has 1 aliphatic heterocycles. The van der Waals surface area contributed by atoms with E-state index in [-0.39, 0.29) is 11.7 Å². The monoisotopic (exact) mass is 329 g/mol. The molecule has 0 spiro atoms. The SMILES string of the molecule is CC(CN(C)C)Oc1cc2ccc(=O)oc2c2c1OC(C)(C)C=C2. The van der Waals surface area contributed by atoms with Crippen molar-refractivity contribution in [2.45, 2.75) is 32.5 Å². The van der Waals surface area contributed by atoms with E-state index in [4.69, 9.17) is 13.9 Å². The van der Waals surface area contributed by atoms with E-state index < -0.39 is 5.60 Å². The Labute approximate surface area is 141 Å². The molecular formula is C19H23NO4. The van der Waals surface area contributed by atoms with Crippen LogP contribution in [-0.2, 0) is 0 Å². The van der Waals surface area contributed by atoms with Crippen LogP contribution in [0.25, 0.3) is 17.0 Å². The van der Waals surface area contributed by atoms with Gasteiger partial charge in [-0.1, -0.05) is 0 Å². The highest BCUT2D eigenvalue weighted by Crippen LogP contribution is 2.43. The van der Waals surface area contributed by atoms with E-state index in [1.165, 1.54) is 6.07 Å². The van der Waals surface area contributed by atoms with Gasteiger partial charge in [-0.3, -0.25) is 0 Å². The highest BCUT2D eigenvalue weighted by atomic mass is 16.5. The quantitative estimate of drug-likeness (QED) is 0.806. The average molecular weight is 329 g/mol. The van der Waals surface area contributed by atoms with Gasteiger partial charge < -0.3 is 18.8 Å². The van der Waals surface area contributed by atoms with Crippen LogP contribution in [0, 0.1) is 0 Å². The summed E-state index contributed by atoms with van der Waals surface area (Å²) in [4.78, 5) is 13.7. The lowest BCUT2D eigenvalue weighted by Gasteiger charge is -2.30. The minimum Gasteiger partial charge on any atom is -0.485 e. The van der Waals surface area contributed by atoms with Crippen molar-refractivity contribution >= 4 is 17.0 Å². The summed E-state index contributed by atoms with van der Waals surface area (Å²) in [5, 5.41) is 0.813. The van der Waals surface area contributed by atoms with Crippen LogP contribution < -0.4 is 15.1 Å². The average Bonchev–Trinajstić information content (AvgIpc) is 2.46. The largest absolute Gasteiger partial charge is 0.485 e. The molecule has 0 radical (unpaired) electrons. The zero-order chi connectivity index (χ0) is 17.5. The number of rotatable bonds is 4. The fraction of sp³-hybridized carbons (Fsp3) is 0.421. The van der Waals surface area contributed by atoms with Crippen LogP contribution in [-0.4, -0.2) is 37.2 Å². The van der Waals surface area contributed by atoms with Crippen LogP contribution in [0.2, 0.25) is 0 Å². The van der Waals surface area contributed by atoms with E-state index in [1.54, 1.807) is 6.07 Å². The molecule has 128 valence electrons. The molecule has 1 aromatic carbocycles. The molecule has 5 heteroatoms. The predicted octanol–water partition coefficient (Wildman–Crippen LogP) is 3.31. The summed E-state index contributed by atoms with van der Waals surface area (Å²) < 4.78 is 17.7. The van der Waals surface area contributed by atoms with Gasteiger partial charge in [-0.05, 0) is 59.2 Å². The van der Waals surface area contributed by atoms with Crippen molar-refractivity contribution in [3.63, 3.8) is 0 Å². The van der Waals surface area contributed by atoms with E-state index in [0.717, 1.165) is 17.5 Å². The van der Waals surface area contributed by atoms with Crippen LogP contribution in [0.5, 0.6) is 11.5 Å². The summed E-state index contributed by atoms with van der Waals surface area (Å²) in [6.07, 6.45) is 3.89. The number of benzene rings is 1. The normalized spacial score (nSPS) is 16.8. The molecule has 0 saturated carbocycles. The lowest BCUT2D eigenvalue weighted by Crippen LogP contribution is -2.30. The van der Waals surface area contributed by atoms with Gasteiger partial charge >= 0.3 is 5.63 Å². The first kappa shape index (κ1) is 16.6. The van der Waals surface area contributed by atoms with E-state index in [0.29, 0.717) is 17.1 Å². The summed E-state index contributed by atoms with van der Waals surface area (Å²) in [7, 11) is 4.01. The van der Waals surface area contributed by atoms with Crippen molar-refractivity contribution < 1.29 is 13.9 Å². The highest BCUT2D eigenvalue weighted by molar-refractivity contribution is 5.91. The Balaban J connectivity index is 2.14. The van der Waals surface area contributed by atoms with Gasteiger partial charge in [0.25, 0.3) is 0 Å². The van der Waals surface area contributed by atoms with Gasteiger partial charge in [-0.15, -0.1) is 0 Å². The summed E-state index contributed by atoms with van der Waals surface area (Å²) in [6.45, 7) is 6.76. The molecule has 24 heavy (non-hydrogen) atoms. The smallest absolute Gasteiger partial charge is 0.336 e. The molecular weight excluding hydrogens is 306 g/mol. The topological polar surface area (TPSA) is 51.9 Å². The summed E-state index contributed by atoms with van der Waals surface area (Å²) in [6, 6.07) is 5.04. The summed E-state index contributed by atoms with van der Waals surface area (Å²) >= 11 is 0. The van der Waals surface area contributed by atoms with Gasteiger partial charge in [-0.25, -0.2) is 4.79 Å². The third kappa shape index (κ3) is 3.31. The Bertz CT molecular complexity index is 848. The third-order valence-corrected chi connectivity index (χ3v) is 3.83. The van der Waals surface area contributed by atoms with Crippen molar-refractivity contribution in [1.29, 1.82) is 0 Å². The number of ether oxygens (including phenoxy) is 2. The molecule has 2 heterocycles. The maximum Gasteiger partial charge on any atom is 0.336 e. The van der Waals surface area contributed by atoms with Gasteiger partial charge in [0.15, 0.2) is 11.5 Å². The van der Waals surface area contributed by atoms with Gasteiger partial charge in [0, 0.05) is 18.0 Å². The molecule has 5 nitrogen and oxygen atoms in total. The van der Waals surface area contributed by atoms with Gasteiger partial charge in [0.2, 0.25) is 0 Å². The highest BCUT2D eigenvalue weighted by Gasteiger charge is 2.28. The number of hydrogen-bond acceptors (Lipinski definition) is 5. The molecule has 0 bridgehead atoms. The zero-order valence-corrected chi connectivity index (χ0v) is 14.8. The van der Waals surface area contributed by atoms with Crippen LogP contribution in [0.1, 0.15) is 26.3 Å². The van der Waals surface area contributed by atoms with Crippen LogP contribution in [0.3, 0.4) is 0 Å². The minimum atomic E-state index is -0.446. The maximum absolute atomic E-state index is 11.6. The van der Waals surface area contributed by atoms with Crippen molar-refractivity contribution in [2.24, 2.45) is 0 Å². The van der Waals surface area contributed by atoms with Gasteiger partial charge in [0.05, 0.1) is 5.56 Å². The van der Waals surface area contributed by atoms with E-state index in [2.05, 4.69) is 4.90 Å². The Morgan fingerprint density at radius 1 is 1.29 bits per heavy atom. The molecule has 1 unspecified atom stereocenters. The molecule has 1 atom stereocenters. The summed E-state index contributed by atoms with van der Waals surface area (Å²) in [5.41, 5.74) is 0.449. The molecule has 1 aromatic heterocycles. The minimum absolute atomic E-state index is 0.00473. The van der Waals surface area contributed by atoms with Crippen molar-refractivity contribution in [3.05, 3.63) is 40.3 Å². The first-order valence-electron chi connectivity index (χ1n) is 8.06. The molecule has 0 saturated heterocycles. The van der Waals surface area contributed by atoms with Crippen LogP contribution in [0.15, 0.2) is 33.5 Å². The fourth-order valence-corrected chi connectivity index (χ4v) is 2.89. The predicted molar refractivity (Wildman–Crippen MR) is 94.9 cm³/mol. The lowest BCUT2D eigenvalue weighted by molar-refractivity contribution is 0.132. The fourth-order valence-electron chi connectivity index (χ4n) is 2.89. The van der Waals surface area contributed by atoms with Gasteiger partial charge in [-0.2, -0.15) is 0 Å². The number of fused-ring (bicyclic) bond motifs is 3. The Hall–Kier alpha value is -2.27. The van der Waals surface area contributed by atoms with Crippen molar-refractivity contribution in [1.82, 2.24) is 4.90 Å². The first-order chi connectivity index (χ1) is 11.2. The zero-order valence-electron chi connectivity index (χ0n) is 14.8. The van der Waals surface area contributed by atoms with E-state index in [1.807, 2.05) is 53.1 Å². The molecule has 0 fully saturated rings. The molecule has 0 aliphatic carbocycles. The Kier molecular flexibility index (Phi) is 4.13. The standard InChI is InChI=1S/C19H23NO4/c1-12(11-20(4)5)22-15-10-13-6-7-16(21)23-17(13)14-8-9-19(2,3)24-18(14)15/h6-10,12H,11H2,1-5H3. The molecule has 1 aliphatic rings. The maximum atomic E-state index is 11.6. The number of nitrogens with zero attached hydrogens (tertiary/aromatic N) is 1. The van der Waals surface area contributed by atoms with Crippen LogP contribution >= 0.6 is 0 Å². The molecule has 0 amide bonds. The van der Waals surface area contributed by atoms with E-state index >= 15 is 0 Å². The number of likely N-dealkylation sites (N-methyl/N-ethyl adjacent to an activating group) is 1. The van der Waals surface area contributed by atoms with E-state index in [9.17, 15) is 4.79 Å². The summed E-state index contributed by atoms with van der Waals surface area (Å²) in [5.74, 6) is 1.29. The number of hydrogen-bond donors (Lipinski definition) is 0. The second-order valence-corrected chi connectivity index (χ2v) is 7.02. The lowest BCUT2D eigenvalue weighted by atomic mass is 10.00. The second kappa shape index (κ2) is 5.98. The first-order valence-corrected chi connectivity index (χ1v) is 8.06. The van der Waals surface area contributed by atoms with Crippen LogP contribution in [0.4, 0.5) is 0 Å². The molecule has 0 N–H and O–H groups in total. The van der Waals surface area contributed by atoms with Crippen molar-refractivity contribution in [2.75, 3.05) is 20.6 Å². The Morgan fingerprint density at radius 3 is 2.75 bits per heavy atom. The Morgan fingerprint density at radius 2 is 2.04 bits per heavy atom. The van der Waals surface area contributed by atoms with Gasteiger partial charge in [0.1, 0.15) is 17.3 Å².